The largest absolute Gasteiger partial charge is 0.497 e. The highest BCUT2D eigenvalue weighted by molar-refractivity contribution is 6.37. The molecule has 5 nitrogen and oxygen atoms in total. The molecule has 0 unspecified atom stereocenters. The Balaban J connectivity index is 1.39. The maximum absolute atomic E-state index is 13.2. The fourth-order valence-corrected chi connectivity index (χ4v) is 4.78. The first-order valence-electron chi connectivity index (χ1n) is 11.0. The minimum absolute atomic E-state index is 0.179. The zero-order chi connectivity index (χ0) is 23.8. The van der Waals surface area contributed by atoms with E-state index in [1.165, 1.54) is 5.56 Å². The van der Waals surface area contributed by atoms with Crippen LogP contribution in [-0.2, 0) is 13.0 Å². The van der Waals surface area contributed by atoms with Gasteiger partial charge in [0.25, 0.3) is 0 Å². The molecule has 0 radical (unpaired) electrons. The Bertz CT molecular complexity index is 1280. The summed E-state index contributed by atoms with van der Waals surface area (Å²) in [5, 5.41) is 0.915. The van der Waals surface area contributed by atoms with E-state index in [0.717, 1.165) is 35.6 Å². The number of hydrogen-bond donors (Lipinski definition) is 0. The van der Waals surface area contributed by atoms with Gasteiger partial charge in [0.05, 0.1) is 18.2 Å². The molecule has 0 aromatic heterocycles. The van der Waals surface area contributed by atoms with Crippen LogP contribution in [0.25, 0.3) is 6.08 Å². The molecular formula is C27H23Cl2NO4. The molecule has 5 rings (SSSR count). The molecule has 2 aliphatic heterocycles. The molecule has 0 aliphatic carbocycles. The van der Waals surface area contributed by atoms with Gasteiger partial charge < -0.3 is 14.2 Å². The lowest BCUT2D eigenvalue weighted by Crippen LogP contribution is -2.33. The molecule has 0 atom stereocenters. The average molecular weight is 496 g/mol. The van der Waals surface area contributed by atoms with Crippen LogP contribution >= 0.6 is 23.2 Å². The Labute approximate surface area is 208 Å². The second-order valence-electron chi connectivity index (χ2n) is 8.37. The molecule has 0 saturated carbocycles. The number of fused-ring (bicyclic) bond motifs is 3. The monoisotopic (exact) mass is 495 g/mol. The first-order chi connectivity index (χ1) is 16.4. The third-order valence-electron chi connectivity index (χ3n) is 6.14. The Hall–Kier alpha value is -2.99. The van der Waals surface area contributed by atoms with Crippen molar-refractivity contribution in [1.82, 2.24) is 4.90 Å². The Kier molecular flexibility index (Phi) is 6.26. The predicted octanol–water partition coefficient (Wildman–Crippen LogP) is 6.32. The number of rotatable bonds is 5. The normalized spacial score (nSPS) is 16.1. The number of allylic oxidation sites excluding steroid dienone is 1. The smallest absolute Gasteiger partial charge is 0.232 e. The van der Waals surface area contributed by atoms with Gasteiger partial charge >= 0.3 is 0 Å². The van der Waals surface area contributed by atoms with Crippen LogP contribution in [0.5, 0.6) is 17.2 Å². The first-order valence-corrected chi connectivity index (χ1v) is 11.7. The van der Waals surface area contributed by atoms with E-state index >= 15 is 0 Å². The van der Waals surface area contributed by atoms with Crippen molar-refractivity contribution in [3.63, 3.8) is 0 Å². The van der Waals surface area contributed by atoms with E-state index in [0.29, 0.717) is 40.2 Å². The van der Waals surface area contributed by atoms with Gasteiger partial charge in [-0.15, -0.1) is 0 Å². The summed E-state index contributed by atoms with van der Waals surface area (Å²) in [5.74, 6) is 2.18. The van der Waals surface area contributed by atoms with Crippen LogP contribution in [0.15, 0.2) is 54.3 Å². The topological polar surface area (TPSA) is 48.0 Å². The number of methoxy groups -OCH3 is 1. The Morgan fingerprint density at radius 2 is 1.85 bits per heavy atom. The van der Waals surface area contributed by atoms with E-state index in [4.69, 9.17) is 37.4 Å². The molecule has 2 heterocycles. The van der Waals surface area contributed by atoms with Crippen LogP contribution < -0.4 is 14.2 Å². The SMILES string of the molecule is COc1ccc(CCN2COc3cc(C)c4c(c3C2)O/C(=C/c2c(Cl)cccc2Cl)C4=O)cc1. The van der Waals surface area contributed by atoms with Crippen molar-refractivity contribution in [1.29, 1.82) is 0 Å². The zero-order valence-corrected chi connectivity index (χ0v) is 20.4. The van der Waals surface area contributed by atoms with Crippen molar-refractivity contribution in [2.24, 2.45) is 0 Å². The first kappa shape index (κ1) is 22.8. The van der Waals surface area contributed by atoms with Crippen LogP contribution in [0, 0.1) is 6.92 Å². The highest BCUT2D eigenvalue weighted by Crippen LogP contribution is 2.44. The van der Waals surface area contributed by atoms with Crippen molar-refractivity contribution in [3.8, 4) is 17.2 Å². The number of ketones is 1. The minimum atomic E-state index is -0.179. The second-order valence-corrected chi connectivity index (χ2v) is 9.19. The van der Waals surface area contributed by atoms with E-state index in [9.17, 15) is 4.79 Å². The average Bonchev–Trinajstić information content (AvgIpc) is 3.17. The number of nitrogens with zero attached hydrogens (tertiary/aromatic N) is 1. The van der Waals surface area contributed by atoms with Gasteiger partial charge in [0.15, 0.2) is 5.76 Å². The van der Waals surface area contributed by atoms with Crippen LogP contribution in [0.2, 0.25) is 10.0 Å². The third-order valence-corrected chi connectivity index (χ3v) is 6.80. The molecule has 174 valence electrons. The van der Waals surface area contributed by atoms with E-state index in [-0.39, 0.29) is 11.5 Å². The number of aryl methyl sites for hydroxylation is 1. The van der Waals surface area contributed by atoms with Crippen molar-refractivity contribution in [2.45, 2.75) is 19.9 Å². The molecule has 0 fully saturated rings. The van der Waals surface area contributed by atoms with Crippen LogP contribution in [-0.4, -0.2) is 31.1 Å². The summed E-state index contributed by atoms with van der Waals surface area (Å²) in [6.45, 7) is 3.81. The number of carbonyl (C=O) groups is 1. The molecule has 0 bridgehead atoms. The maximum atomic E-state index is 13.2. The summed E-state index contributed by atoms with van der Waals surface area (Å²) in [6, 6.07) is 15.2. The highest BCUT2D eigenvalue weighted by atomic mass is 35.5. The molecule has 0 spiro atoms. The summed E-state index contributed by atoms with van der Waals surface area (Å²) in [6.07, 6.45) is 2.48. The van der Waals surface area contributed by atoms with Crippen molar-refractivity contribution < 1.29 is 19.0 Å². The van der Waals surface area contributed by atoms with Crippen molar-refractivity contribution >= 4 is 35.1 Å². The zero-order valence-electron chi connectivity index (χ0n) is 18.9. The molecule has 34 heavy (non-hydrogen) atoms. The Morgan fingerprint density at radius 1 is 1.12 bits per heavy atom. The Morgan fingerprint density at radius 3 is 2.56 bits per heavy atom. The highest BCUT2D eigenvalue weighted by Gasteiger charge is 2.35. The maximum Gasteiger partial charge on any atom is 0.232 e. The summed E-state index contributed by atoms with van der Waals surface area (Å²) >= 11 is 12.6. The van der Waals surface area contributed by atoms with Crippen LogP contribution in [0.3, 0.4) is 0 Å². The number of hydrogen-bond acceptors (Lipinski definition) is 5. The summed E-state index contributed by atoms with van der Waals surface area (Å²) < 4.78 is 17.4. The van der Waals surface area contributed by atoms with Gasteiger partial charge in [0.2, 0.25) is 5.78 Å². The van der Waals surface area contributed by atoms with Gasteiger partial charge in [0, 0.05) is 28.7 Å². The lowest BCUT2D eigenvalue weighted by molar-refractivity contribution is 0.0949. The van der Waals surface area contributed by atoms with Crippen molar-refractivity contribution in [2.75, 3.05) is 20.4 Å². The molecule has 0 saturated heterocycles. The number of halogens is 2. The van der Waals surface area contributed by atoms with Gasteiger partial charge in [-0.1, -0.05) is 41.4 Å². The van der Waals surface area contributed by atoms with E-state index in [1.807, 2.05) is 25.1 Å². The fraction of sp³-hybridized carbons (Fsp3) is 0.222. The number of benzene rings is 3. The second kappa shape index (κ2) is 9.34. The molecule has 7 heteroatoms. The van der Waals surface area contributed by atoms with Gasteiger partial charge in [-0.3, -0.25) is 9.69 Å². The molecular weight excluding hydrogens is 473 g/mol. The van der Waals surface area contributed by atoms with Crippen LogP contribution in [0.1, 0.15) is 32.6 Å². The fourth-order valence-electron chi connectivity index (χ4n) is 4.28. The van der Waals surface area contributed by atoms with Crippen LogP contribution in [0.4, 0.5) is 0 Å². The molecule has 3 aromatic carbocycles. The molecule has 2 aliphatic rings. The standard InChI is InChI=1S/C27H23Cl2NO4/c1-16-12-23-20(14-30(15-33-23)11-10-17-6-8-18(32-2)9-7-17)27-25(16)26(31)24(34-27)13-19-21(28)4-3-5-22(19)29/h3-9,12-13H,10-11,14-15H2,1-2H3/b24-13+. The minimum Gasteiger partial charge on any atom is -0.497 e. The molecule has 3 aromatic rings. The quantitative estimate of drug-likeness (QED) is 0.387. The van der Waals surface area contributed by atoms with Gasteiger partial charge in [-0.2, -0.15) is 0 Å². The van der Waals surface area contributed by atoms with E-state index < -0.39 is 0 Å². The number of carbonyl (C=O) groups excluding carboxylic acids is 1. The lowest BCUT2D eigenvalue weighted by atomic mass is 9.98. The van der Waals surface area contributed by atoms with Gasteiger partial charge in [0.1, 0.15) is 24.0 Å². The third kappa shape index (κ3) is 4.27. The molecule has 0 N–H and O–H groups in total. The van der Waals surface area contributed by atoms with E-state index in [2.05, 4.69) is 17.0 Å². The summed E-state index contributed by atoms with van der Waals surface area (Å²) in [7, 11) is 1.66. The van der Waals surface area contributed by atoms with Gasteiger partial charge in [-0.25, -0.2) is 0 Å². The van der Waals surface area contributed by atoms with E-state index in [1.54, 1.807) is 31.4 Å². The van der Waals surface area contributed by atoms with Crippen molar-refractivity contribution in [3.05, 3.63) is 92.2 Å². The molecule has 0 amide bonds. The predicted molar refractivity (Wildman–Crippen MR) is 133 cm³/mol. The summed E-state index contributed by atoms with van der Waals surface area (Å²) in [4.78, 5) is 15.4. The summed E-state index contributed by atoms with van der Waals surface area (Å²) in [5.41, 5.74) is 4.04. The lowest BCUT2D eigenvalue weighted by Gasteiger charge is -2.30. The van der Waals surface area contributed by atoms with Gasteiger partial charge in [-0.05, 0) is 60.9 Å². The number of ether oxygens (including phenoxy) is 3. The number of Topliss-reactive ketones (excluding diaryl/α,β-unsaturated/α-hetero) is 1.